The van der Waals surface area contributed by atoms with Gasteiger partial charge in [0.2, 0.25) is 0 Å². The van der Waals surface area contributed by atoms with Gasteiger partial charge >= 0.3 is 0 Å². The molecule has 1 spiro atoms. The molecule has 0 unspecified atom stereocenters. The van der Waals surface area contributed by atoms with E-state index in [-0.39, 0.29) is 0 Å². The number of aromatic nitrogens is 4. The summed E-state index contributed by atoms with van der Waals surface area (Å²) >= 11 is 0. The van der Waals surface area contributed by atoms with Crippen LogP contribution in [0.3, 0.4) is 0 Å². The lowest BCUT2D eigenvalue weighted by atomic mass is 9.70. The Morgan fingerprint density at radius 2 is 0.651 bits per heavy atom. The van der Waals surface area contributed by atoms with Gasteiger partial charge in [-0.05, 0) is 128 Å². The number of fused-ring (bicyclic) bond motifs is 16. The van der Waals surface area contributed by atoms with Gasteiger partial charge in [0.1, 0.15) is 0 Å². The summed E-state index contributed by atoms with van der Waals surface area (Å²) in [7, 11) is 0. The summed E-state index contributed by atoms with van der Waals surface area (Å²) in [6, 6.07) is 75.7. The van der Waals surface area contributed by atoms with Crippen LogP contribution < -0.4 is 0 Å². The molecule has 0 N–H and O–H groups in total. The molecule has 63 heavy (non-hydrogen) atoms. The highest BCUT2D eigenvalue weighted by Crippen LogP contribution is 2.62. The molecule has 4 aromatic heterocycles. The second kappa shape index (κ2) is 12.8. The van der Waals surface area contributed by atoms with Crippen LogP contribution in [-0.4, -0.2) is 19.1 Å². The second-order valence-corrected chi connectivity index (χ2v) is 16.9. The summed E-state index contributed by atoms with van der Waals surface area (Å²) in [5, 5.41) is 5.06. The number of nitrogens with zero attached hydrogens (tertiary/aromatic N) is 4. The van der Waals surface area contributed by atoms with Crippen LogP contribution in [0.2, 0.25) is 0 Å². The first kappa shape index (κ1) is 34.4. The van der Waals surface area contributed by atoms with Gasteiger partial charge in [0.05, 0.1) is 38.9 Å². The molecular weight excluding hydrogens is 765 g/mol. The van der Waals surface area contributed by atoms with E-state index in [0.29, 0.717) is 0 Å². The topological polar surface area (TPSA) is 35.6 Å². The molecule has 0 aliphatic heterocycles. The van der Waals surface area contributed by atoms with Crippen molar-refractivity contribution in [3.8, 4) is 56.1 Å². The molecule has 14 rings (SSSR count). The second-order valence-electron chi connectivity index (χ2n) is 16.9. The fourth-order valence-electron chi connectivity index (χ4n) is 11.2. The Labute approximate surface area is 363 Å². The molecule has 0 bridgehead atoms. The summed E-state index contributed by atoms with van der Waals surface area (Å²) in [6.07, 6.45) is 3.80. The molecule has 0 saturated carbocycles. The molecule has 0 atom stereocenters. The monoisotopic (exact) mass is 800 g/mol. The first-order chi connectivity index (χ1) is 31.3. The molecule has 2 aliphatic rings. The maximum Gasteiger partial charge on any atom is 0.0937 e. The van der Waals surface area contributed by atoms with Crippen LogP contribution in [0.15, 0.2) is 219 Å². The minimum Gasteiger partial charge on any atom is -0.309 e. The lowest BCUT2D eigenvalue weighted by Gasteiger charge is -2.30. The van der Waals surface area contributed by atoms with Gasteiger partial charge in [0, 0.05) is 45.3 Å². The smallest absolute Gasteiger partial charge is 0.0937 e. The predicted molar refractivity (Wildman–Crippen MR) is 258 cm³/mol. The molecule has 0 saturated heterocycles. The highest BCUT2D eigenvalue weighted by molar-refractivity contribution is 6.10. The Hall–Kier alpha value is -8.34. The van der Waals surface area contributed by atoms with Crippen LogP contribution in [0.4, 0.5) is 0 Å². The van der Waals surface area contributed by atoms with Crippen molar-refractivity contribution in [2.45, 2.75) is 5.41 Å². The zero-order chi connectivity index (χ0) is 41.2. The van der Waals surface area contributed by atoms with E-state index in [4.69, 9.17) is 9.97 Å². The van der Waals surface area contributed by atoms with Gasteiger partial charge in [-0.3, -0.25) is 9.97 Å². The van der Waals surface area contributed by atoms with Gasteiger partial charge in [-0.25, -0.2) is 0 Å². The van der Waals surface area contributed by atoms with Crippen molar-refractivity contribution in [2.75, 3.05) is 0 Å². The highest BCUT2D eigenvalue weighted by atomic mass is 15.0. The number of hydrogen-bond donors (Lipinski definition) is 0. The van der Waals surface area contributed by atoms with Crippen molar-refractivity contribution >= 4 is 43.6 Å². The molecule has 0 fully saturated rings. The van der Waals surface area contributed by atoms with E-state index in [9.17, 15) is 0 Å². The lowest BCUT2D eigenvalue weighted by Crippen LogP contribution is -2.26. The van der Waals surface area contributed by atoms with E-state index in [1.165, 1.54) is 99.2 Å². The van der Waals surface area contributed by atoms with Crippen LogP contribution in [0, 0.1) is 0 Å². The summed E-state index contributed by atoms with van der Waals surface area (Å²) in [4.78, 5) is 10.0. The Bertz CT molecular complexity index is 3490. The number of benzene rings is 8. The fraction of sp³-hybridized carbons (Fsp3) is 0.0169. The summed E-state index contributed by atoms with van der Waals surface area (Å²) < 4.78 is 4.76. The molecule has 8 aromatic carbocycles. The van der Waals surface area contributed by atoms with Gasteiger partial charge in [0.25, 0.3) is 0 Å². The zero-order valence-corrected chi connectivity index (χ0v) is 34.1. The molecular formula is C59H36N4. The largest absolute Gasteiger partial charge is 0.309 e. The van der Waals surface area contributed by atoms with Crippen LogP contribution in [0.5, 0.6) is 0 Å². The maximum atomic E-state index is 5.01. The quantitative estimate of drug-likeness (QED) is 0.178. The van der Waals surface area contributed by atoms with Crippen LogP contribution in [-0.2, 0) is 5.41 Å². The summed E-state index contributed by atoms with van der Waals surface area (Å²) in [5.41, 5.74) is 20.5. The third kappa shape index (κ3) is 4.64. The number of rotatable bonds is 4. The Morgan fingerprint density at radius 1 is 0.302 bits per heavy atom. The van der Waals surface area contributed by atoms with Crippen LogP contribution in [0.25, 0.3) is 99.8 Å². The highest BCUT2D eigenvalue weighted by Gasteiger charge is 2.53. The van der Waals surface area contributed by atoms with Crippen LogP contribution in [0.1, 0.15) is 22.3 Å². The average Bonchev–Trinajstić information content (AvgIpc) is 4.06. The minimum atomic E-state index is -0.588. The number of para-hydroxylation sites is 4. The van der Waals surface area contributed by atoms with E-state index in [0.717, 1.165) is 22.8 Å². The maximum absolute atomic E-state index is 5.01. The van der Waals surface area contributed by atoms with Crippen LogP contribution >= 0.6 is 0 Å². The Kier molecular flexibility index (Phi) is 7.01. The van der Waals surface area contributed by atoms with Crippen molar-refractivity contribution in [3.63, 3.8) is 0 Å². The van der Waals surface area contributed by atoms with E-state index in [2.05, 4.69) is 215 Å². The summed E-state index contributed by atoms with van der Waals surface area (Å²) in [5.74, 6) is 0. The van der Waals surface area contributed by atoms with E-state index in [1.807, 2.05) is 12.4 Å². The van der Waals surface area contributed by atoms with Crippen molar-refractivity contribution in [3.05, 3.63) is 241 Å². The lowest BCUT2D eigenvalue weighted by molar-refractivity contribution is 0.790. The molecule has 2 aliphatic carbocycles. The minimum absolute atomic E-state index is 0.588. The third-order valence-electron chi connectivity index (χ3n) is 13.9. The van der Waals surface area contributed by atoms with Crippen molar-refractivity contribution in [2.24, 2.45) is 0 Å². The van der Waals surface area contributed by atoms with E-state index in [1.54, 1.807) is 0 Å². The third-order valence-corrected chi connectivity index (χ3v) is 13.9. The molecule has 0 radical (unpaired) electrons. The molecule has 12 aromatic rings. The molecule has 4 nitrogen and oxygen atoms in total. The van der Waals surface area contributed by atoms with Crippen molar-refractivity contribution in [1.82, 2.24) is 19.1 Å². The first-order valence-electron chi connectivity index (χ1n) is 21.6. The van der Waals surface area contributed by atoms with Crippen molar-refractivity contribution < 1.29 is 0 Å². The van der Waals surface area contributed by atoms with Gasteiger partial charge in [-0.15, -0.1) is 0 Å². The van der Waals surface area contributed by atoms with Gasteiger partial charge in [-0.2, -0.15) is 0 Å². The van der Waals surface area contributed by atoms with E-state index < -0.39 is 5.41 Å². The zero-order valence-electron chi connectivity index (χ0n) is 34.1. The Morgan fingerprint density at radius 3 is 1.03 bits per heavy atom. The predicted octanol–water partition coefficient (Wildman–Crippen LogP) is 14.3. The first-order valence-corrected chi connectivity index (χ1v) is 21.6. The van der Waals surface area contributed by atoms with Gasteiger partial charge in [-0.1, -0.05) is 133 Å². The summed E-state index contributed by atoms with van der Waals surface area (Å²) in [6.45, 7) is 0. The molecule has 4 heteroatoms. The van der Waals surface area contributed by atoms with E-state index >= 15 is 0 Å². The normalized spacial score (nSPS) is 13.2. The van der Waals surface area contributed by atoms with Crippen molar-refractivity contribution in [1.29, 1.82) is 0 Å². The fourth-order valence-corrected chi connectivity index (χ4v) is 11.2. The molecule has 292 valence electrons. The number of hydrogen-bond acceptors (Lipinski definition) is 2. The average molecular weight is 801 g/mol. The number of pyridine rings is 2. The van der Waals surface area contributed by atoms with Gasteiger partial charge in [0.15, 0.2) is 0 Å². The Balaban J connectivity index is 0.914. The standard InChI is InChI=1S/C59H36N4/c1-5-17-53-45(11-1)46-12-2-6-18-54(46)62(53)41-27-21-37(22-28-41)39-25-31-43-44-32-26-40(36-52(44)59(51(43)35-39)49-15-9-33-60-57(49)58-50(59)16-10-34-61-58)38-23-29-42(30-24-38)63-55-19-7-3-13-47(55)48-14-4-8-20-56(48)63/h1-36H. The molecule has 0 amide bonds. The van der Waals surface area contributed by atoms with Gasteiger partial charge < -0.3 is 9.13 Å². The molecule has 4 heterocycles. The SMILES string of the molecule is c1cnc2c(c1)C1(c3cc(-c4ccc(-n5c6ccccc6c6ccccc65)cc4)ccc3-c3ccc(-c4ccc(-n5c6ccccc6c6ccccc65)cc4)cc31)c1cccnc1-2.